The van der Waals surface area contributed by atoms with E-state index < -0.39 is 0 Å². The molecule has 1 heteroatoms. The first-order valence-corrected chi connectivity index (χ1v) is 4.73. The highest BCUT2D eigenvalue weighted by molar-refractivity contribution is 5.63. The van der Waals surface area contributed by atoms with E-state index in [0.717, 1.165) is 17.9 Å². The summed E-state index contributed by atoms with van der Waals surface area (Å²) in [5.41, 5.74) is 2.44. The molecule has 0 aliphatic heterocycles. The summed E-state index contributed by atoms with van der Waals surface area (Å²) >= 11 is 0. The first kappa shape index (κ1) is 9.80. The Bertz CT molecular complexity index is 306. The van der Waals surface area contributed by atoms with Crippen molar-refractivity contribution < 1.29 is 0 Å². The van der Waals surface area contributed by atoms with Crippen LogP contribution in [-0.2, 0) is 0 Å². The molecule has 0 bridgehead atoms. The zero-order valence-corrected chi connectivity index (χ0v) is 8.21. The molecule has 1 saturated carbocycles. The van der Waals surface area contributed by atoms with Gasteiger partial charge in [-0.2, -0.15) is 0 Å². The highest BCUT2D eigenvalue weighted by Crippen LogP contribution is 2.37. The second-order valence-electron chi connectivity index (χ2n) is 3.27. The smallest absolute Gasteiger partial charge is 0.0988 e. The first-order valence-electron chi connectivity index (χ1n) is 4.73. The Hall–Kier alpha value is -1.29. The van der Waals surface area contributed by atoms with Crippen LogP contribution in [0.3, 0.4) is 0 Å². The molecule has 1 fully saturated rings. The fourth-order valence-corrected chi connectivity index (χ4v) is 1.28. The second-order valence-corrected chi connectivity index (χ2v) is 3.27. The van der Waals surface area contributed by atoms with Crippen LogP contribution < -0.4 is 4.67 Å². The highest BCUT2D eigenvalue weighted by Gasteiger charge is 2.24. The van der Waals surface area contributed by atoms with Crippen LogP contribution in [0, 0.1) is 5.92 Å². The van der Waals surface area contributed by atoms with Crippen molar-refractivity contribution >= 4 is 12.6 Å². The van der Waals surface area contributed by atoms with E-state index in [1.54, 1.807) is 0 Å². The number of nitrogens with zero attached hydrogens (tertiary/aromatic N) is 1. The standard InChI is InChI=1S/C12H16N/c1-4-10(9-13-3)8-11(5-2)12-6-7-12/h5,8,12H,2-4,6-7H2,1H3/q+1/b11-8+. The lowest BCUT2D eigenvalue weighted by molar-refractivity contribution is 1.04. The van der Waals surface area contributed by atoms with Crippen molar-refractivity contribution in [1.82, 2.24) is 4.67 Å². The van der Waals surface area contributed by atoms with Gasteiger partial charge in [-0.05, 0) is 41.5 Å². The molecule has 1 aliphatic carbocycles. The van der Waals surface area contributed by atoms with E-state index in [-0.39, 0.29) is 0 Å². The van der Waals surface area contributed by atoms with Crippen LogP contribution in [0.5, 0.6) is 0 Å². The summed E-state index contributed by atoms with van der Waals surface area (Å²) in [6.45, 7) is 9.31. The maximum Gasteiger partial charge on any atom is 0.314 e. The van der Waals surface area contributed by atoms with Gasteiger partial charge >= 0.3 is 5.87 Å². The molecule has 68 valence electrons. The summed E-state index contributed by atoms with van der Waals surface area (Å²) < 4.78 is 3.66. The lowest BCUT2D eigenvalue weighted by atomic mass is 10.1. The fourth-order valence-electron chi connectivity index (χ4n) is 1.28. The molecule has 0 amide bonds. The van der Waals surface area contributed by atoms with Gasteiger partial charge in [0.15, 0.2) is 0 Å². The van der Waals surface area contributed by atoms with Gasteiger partial charge in [0.1, 0.15) is 0 Å². The molecule has 1 rings (SSSR count). The third-order valence-corrected chi connectivity index (χ3v) is 2.23. The summed E-state index contributed by atoms with van der Waals surface area (Å²) in [6, 6.07) is 0. The lowest BCUT2D eigenvalue weighted by Crippen LogP contribution is -1.85. The largest absolute Gasteiger partial charge is 0.314 e. The molecule has 0 heterocycles. The highest BCUT2D eigenvalue weighted by atomic mass is 14.5. The van der Waals surface area contributed by atoms with E-state index in [4.69, 9.17) is 0 Å². The van der Waals surface area contributed by atoms with Crippen molar-refractivity contribution in [2.24, 2.45) is 5.92 Å². The Morgan fingerprint density at radius 1 is 1.62 bits per heavy atom. The zero-order valence-electron chi connectivity index (χ0n) is 8.21. The van der Waals surface area contributed by atoms with Crippen molar-refractivity contribution in [2.45, 2.75) is 26.2 Å². The summed E-state index contributed by atoms with van der Waals surface area (Å²) in [7, 11) is 0. The van der Waals surface area contributed by atoms with Gasteiger partial charge in [-0.25, -0.2) is 0 Å². The Balaban J connectivity index is 2.86. The average Bonchev–Trinajstić information content (AvgIpc) is 2.95. The molecule has 0 aromatic carbocycles. The third kappa shape index (κ3) is 2.91. The van der Waals surface area contributed by atoms with Crippen molar-refractivity contribution in [3.63, 3.8) is 0 Å². The van der Waals surface area contributed by atoms with E-state index >= 15 is 0 Å². The first-order chi connectivity index (χ1) is 6.31. The van der Waals surface area contributed by atoms with E-state index in [0.29, 0.717) is 0 Å². The van der Waals surface area contributed by atoms with Crippen molar-refractivity contribution in [1.29, 1.82) is 0 Å². The Kier molecular flexibility index (Phi) is 3.52. The van der Waals surface area contributed by atoms with Gasteiger partial charge in [0.25, 0.3) is 6.72 Å². The predicted molar refractivity (Wildman–Crippen MR) is 59.1 cm³/mol. The molecule has 1 nitrogen and oxygen atoms in total. The van der Waals surface area contributed by atoms with Crippen LogP contribution in [0.2, 0.25) is 0 Å². The Labute approximate surface area is 79.9 Å². The van der Waals surface area contributed by atoms with Crippen molar-refractivity contribution in [3.8, 4) is 0 Å². The monoisotopic (exact) mass is 174 g/mol. The quantitative estimate of drug-likeness (QED) is 0.353. The summed E-state index contributed by atoms with van der Waals surface area (Å²) in [5, 5.41) is 0. The molecule has 0 atom stereocenters. The van der Waals surface area contributed by atoms with Gasteiger partial charge in [-0.15, -0.1) is 0 Å². The van der Waals surface area contributed by atoms with Crippen LogP contribution in [0.25, 0.3) is 0 Å². The molecule has 1 aliphatic rings. The van der Waals surface area contributed by atoms with Gasteiger partial charge < -0.3 is 0 Å². The topological polar surface area (TPSA) is 14.1 Å². The summed E-state index contributed by atoms with van der Waals surface area (Å²) in [5.74, 6) is 3.63. The molecular formula is C12H16N+. The molecule has 0 saturated heterocycles. The van der Waals surface area contributed by atoms with Gasteiger partial charge in [0, 0.05) is 0 Å². The van der Waals surface area contributed by atoms with E-state index in [1.165, 1.54) is 18.4 Å². The minimum absolute atomic E-state index is 0.741. The SMILES string of the molecule is C=C/C(=C\C(=C=[N+]=C)CC)C1CC1. The molecule has 0 N–H and O–H groups in total. The van der Waals surface area contributed by atoms with E-state index in [2.05, 4.69) is 36.8 Å². The maximum absolute atomic E-state index is 3.81. The molecule has 0 unspecified atom stereocenters. The molecule has 0 spiro atoms. The normalized spacial score (nSPS) is 15.9. The van der Waals surface area contributed by atoms with Crippen LogP contribution in [0.1, 0.15) is 26.2 Å². The van der Waals surface area contributed by atoms with Crippen molar-refractivity contribution in [3.05, 3.63) is 29.9 Å². The predicted octanol–water partition coefficient (Wildman–Crippen LogP) is 2.28. The van der Waals surface area contributed by atoms with Gasteiger partial charge in [-0.3, -0.25) is 0 Å². The number of allylic oxidation sites excluding steroid dienone is 4. The Morgan fingerprint density at radius 3 is 2.69 bits per heavy atom. The lowest BCUT2D eigenvalue weighted by Gasteiger charge is -1.96. The van der Waals surface area contributed by atoms with Gasteiger partial charge in [0.2, 0.25) is 0 Å². The van der Waals surface area contributed by atoms with Gasteiger partial charge in [0.05, 0.1) is 5.57 Å². The number of rotatable bonds is 4. The molecule has 0 aromatic rings. The van der Waals surface area contributed by atoms with Crippen LogP contribution in [0.15, 0.2) is 29.9 Å². The minimum atomic E-state index is 0.741. The Morgan fingerprint density at radius 2 is 2.31 bits per heavy atom. The number of hydrogen-bond acceptors (Lipinski definition) is 0. The van der Waals surface area contributed by atoms with Gasteiger partial charge in [-0.1, -0.05) is 19.6 Å². The van der Waals surface area contributed by atoms with Crippen LogP contribution in [0.4, 0.5) is 0 Å². The van der Waals surface area contributed by atoms with Crippen LogP contribution >= 0.6 is 0 Å². The minimum Gasteiger partial charge on any atom is -0.0988 e. The number of hydrogen-bond donors (Lipinski definition) is 0. The average molecular weight is 174 g/mol. The van der Waals surface area contributed by atoms with E-state index in [1.807, 2.05) is 6.08 Å². The molecular weight excluding hydrogens is 158 g/mol. The zero-order chi connectivity index (χ0) is 9.68. The molecule has 0 aromatic heterocycles. The fraction of sp³-hybridized carbons (Fsp3) is 0.417. The summed E-state index contributed by atoms with van der Waals surface area (Å²) in [4.78, 5) is 0. The second kappa shape index (κ2) is 4.67. The maximum atomic E-state index is 3.81. The van der Waals surface area contributed by atoms with E-state index in [9.17, 15) is 0 Å². The molecule has 0 radical (unpaired) electrons. The van der Waals surface area contributed by atoms with Crippen molar-refractivity contribution in [2.75, 3.05) is 0 Å². The molecule has 13 heavy (non-hydrogen) atoms. The van der Waals surface area contributed by atoms with Crippen LogP contribution in [-0.4, -0.2) is 12.6 Å². The summed E-state index contributed by atoms with van der Waals surface area (Å²) in [6.07, 6.45) is 7.63. The third-order valence-electron chi connectivity index (χ3n) is 2.23.